The number of nitrogens with zero attached hydrogens (tertiary/aromatic N) is 4. The van der Waals surface area contributed by atoms with Gasteiger partial charge in [-0.15, -0.1) is 0 Å². The van der Waals surface area contributed by atoms with Crippen molar-refractivity contribution in [3.63, 3.8) is 0 Å². The van der Waals surface area contributed by atoms with E-state index < -0.39 is 0 Å². The third-order valence-electron chi connectivity index (χ3n) is 4.86. The minimum absolute atomic E-state index is 0.335. The molecule has 1 aromatic carbocycles. The van der Waals surface area contributed by atoms with Crippen LogP contribution in [0, 0.1) is 5.82 Å². The monoisotopic (exact) mass is 382 g/mol. The van der Waals surface area contributed by atoms with Crippen LogP contribution in [0.2, 0.25) is 0 Å². The Morgan fingerprint density at radius 2 is 1.72 bits per heavy atom. The average molecular weight is 382 g/mol. The van der Waals surface area contributed by atoms with Gasteiger partial charge in [-0.25, -0.2) is 14.4 Å². The van der Waals surface area contributed by atoms with Crippen molar-refractivity contribution in [2.45, 2.75) is 0 Å². The number of benzene rings is 1. The van der Waals surface area contributed by atoms with Gasteiger partial charge in [0.25, 0.3) is 0 Å². The van der Waals surface area contributed by atoms with Crippen molar-refractivity contribution in [1.82, 2.24) is 19.9 Å². The van der Waals surface area contributed by atoms with E-state index in [2.05, 4.69) is 19.9 Å². The molecule has 140 valence electrons. The fourth-order valence-electron chi connectivity index (χ4n) is 3.50. The molecule has 0 radical (unpaired) electrons. The first-order valence-electron chi connectivity index (χ1n) is 9.04. The molecule has 0 bridgehead atoms. The van der Waals surface area contributed by atoms with Gasteiger partial charge >= 0.3 is 0 Å². The molecule has 5 aromatic rings. The van der Waals surface area contributed by atoms with Crippen LogP contribution in [0.5, 0.6) is 5.75 Å². The number of hydrogen-bond donors (Lipinski definition) is 0. The molecule has 0 atom stereocenters. The number of ether oxygens (including phenoxy) is 1. The first kappa shape index (κ1) is 17.2. The van der Waals surface area contributed by atoms with Gasteiger partial charge in [-0.3, -0.25) is 9.97 Å². The summed E-state index contributed by atoms with van der Waals surface area (Å²) in [7, 11) is 1.60. The second-order valence-electron chi connectivity index (χ2n) is 6.51. The molecule has 0 aliphatic heterocycles. The van der Waals surface area contributed by atoms with Crippen LogP contribution in [0.1, 0.15) is 0 Å². The van der Waals surface area contributed by atoms with Crippen LogP contribution in [0.15, 0.2) is 73.3 Å². The molecule has 0 aliphatic carbocycles. The fourth-order valence-corrected chi connectivity index (χ4v) is 3.50. The SMILES string of the molecule is COc1cnc(-c2cc(-c3ccccc3F)nc3ncccc23)c2ccncc12. The molecule has 0 amide bonds. The largest absolute Gasteiger partial charge is 0.494 e. The predicted octanol–water partition coefficient (Wildman–Crippen LogP) is 5.05. The molecule has 0 fully saturated rings. The smallest absolute Gasteiger partial charge is 0.160 e. The van der Waals surface area contributed by atoms with Crippen LogP contribution in [-0.4, -0.2) is 27.0 Å². The summed E-state index contributed by atoms with van der Waals surface area (Å²) in [5.41, 5.74) is 3.01. The van der Waals surface area contributed by atoms with Crippen LogP contribution in [0.25, 0.3) is 44.3 Å². The van der Waals surface area contributed by atoms with Crippen molar-refractivity contribution in [3.05, 3.63) is 79.1 Å². The van der Waals surface area contributed by atoms with Gasteiger partial charge in [-0.05, 0) is 36.4 Å². The Morgan fingerprint density at radius 3 is 2.59 bits per heavy atom. The van der Waals surface area contributed by atoms with E-state index in [0.29, 0.717) is 22.7 Å². The maximum absolute atomic E-state index is 14.5. The minimum Gasteiger partial charge on any atom is -0.494 e. The second kappa shape index (κ2) is 6.91. The zero-order valence-corrected chi connectivity index (χ0v) is 15.5. The van der Waals surface area contributed by atoms with Gasteiger partial charge < -0.3 is 4.74 Å². The molecule has 0 aliphatic rings. The molecule has 0 spiro atoms. The van der Waals surface area contributed by atoms with E-state index in [4.69, 9.17) is 4.74 Å². The Morgan fingerprint density at radius 1 is 0.828 bits per heavy atom. The Bertz CT molecular complexity index is 1370. The Hall–Kier alpha value is -3.93. The zero-order valence-electron chi connectivity index (χ0n) is 15.5. The van der Waals surface area contributed by atoms with Gasteiger partial charge in [-0.2, -0.15) is 0 Å². The summed E-state index contributed by atoms with van der Waals surface area (Å²) in [6.07, 6.45) is 6.81. The van der Waals surface area contributed by atoms with E-state index in [1.54, 1.807) is 50.1 Å². The van der Waals surface area contributed by atoms with Gasteiger partial charge in [0, 0.05) is 45.9 Å². The number of hydrogen-bond acceptors (Lipinski definition) is 5. The molecule has 29 heavy (non-hydrogen) atoms. The van der Waals surface area contributed by atoms with Crippen LogP contribution < -0.4 is 4.74 Å². The topological polar surface area (TPSA) is 60.8 Å². The molecule has 4 heterocycles. The molecule has 0 unspecified atom stereocenters. The number of aromatic nitrogens is 4. The van der Waals surface area contributed by atoms with Crippen molar-refractivity contribution in [1.29, 1.82) is 0 Å². The molecular weight excluding hydrogens is 367 g/mol. The second-order valence-corrected chi connectivity index (χ2v) is 6.51. The van der Waals surface area contributed by atoms with Crippen molar-refractivity contribution in [2.24, 2.45) is 0 Å². The van der Waals surface area contributed by atoms with E-state index in [0.717, 1.165) is 27.4 Å². The summed E-state index contributed by atoms with van der Waals surface area (Å²) in [5.74, 6) is 0.306. The Balaban J connectivity index is 1.87. The lowest BCUT2D eigenvalue weighted by atomic mass is 9.99. The summed E-state index contributed by atoms with van der Waals surface area (Å²) < 4.78 is 19.9. The van der Waals surface area contributed by atoms with Gasteiger partial charge in [-0.1, -0.05) is 12.1 Å². The summed E-state index contributed by atoms with van der Waals surface area (Å²) in [4.78, 5) is 17.9. The molecule has 0 saturated carbocycles. The molecular formula is C23H15FN4O. The highest BCUT2D eigenvalue weighted by Crippen LogP contribution is 2.36. The van der Waals surface area contributed by atoms with Gasteiger partial charge in [0.2, 0.25) is 0 Å². The predicted molar refractivity (Wildman–Crippen MR) is 110 cm³/mol. The van der Waals surface area contributed by atoms with Crippen LogP contribution in [0.3, 0.4) is 0 Å². The summed E-state index contributed by atoms with van der Waals surface area (Å²) in [5, 5.41) is 2.57. The fraction of sp³-hybridized carbons (Fsp3) is 0.0435. The van der Waals surface area contributed by atoms with E-state index in [-0.39, 0.29) is 5.82 Å². The van der Waals surface area contributed by atoms with Gasteiger partial charge in [0.15, 0.2) is 5.65 Å². The molecule has 4 aromatic heterocycles. The van der Waals surface area contributed by atoms with Gasteiger partial charge in [0.1, 0.15) is 11.6 Å². The Kier molecular flexibility index (Phi) is 4.09. The average Bonchev–Trinajstić information content (AvgIpc) is 2.78. The maximum Gasteiger partial charge on any atom is 0.160 e. The highest BCUT2D eigenvalue weighted by Gasteiger charge is 2.16. The highest BCUT2D eigenvalue weighted by atomic mass is 19.1. The molecule has 6 heteroatoms. The highest BCUT2D eigenvalue weighted by molar-refractivity contribution is 6.04. The number of rotatable bonds is 3. The lowest BCUT2D eigenvalue weighted by Crippen LogP contribution is -1.96. The van der Waals surface area contributed by atoms with Crippen LogP contribution in [-0.2, 0) is 0 Å². The number of pyridine rings is 4. The third-order valence-corrected chi connectivity index (χ3v) is 4.86. The standard InChI is InChI=1S/C23H15FN4O/c1-29-21-13-27-22(14-8-10-25-12-18(14)21)17-11-20(16-5-2-3-7-19(16)24)28-23-15(17)6-4-9-26-23/h2-13H,1H3. The first-order valence-corrected chi connectivity index (χ1v) is 9.04. The lowest BCUT2D eigenvalue weighted by molar-refractivity contribution is 0.418. The van der Waals surface area contributed by atoms with Crippen LogP contribution in [0.4, 0.5) is 4.39 Å². The first-order chi connectivity index (χ1) is 14.3. The quantitative estimate of drug-likeness (QED) is 0.437. The number of halogens is 1. The van der Waals surface area contributed by atoms with Crippen molar-refractivity contribution in [3.8, 4) is 28.3 Å². The molecule has 5 rings (SSSR count). The van der Waals surface area contributed by atoms with Gasteiger partial charge in [0.05, 0.1) is 24.7 Å². The van der Waals surface area contributed by atoms with Crippen molar-refractivity contribution >= 4 is 21.8 Å². The van der Waals surface area contributed by atoms with Crippen molar-refractivity contribution < 1.29 is 9.13 Å². The van der Waals surface area contributed by atoms with E-state index in [1.165, 1.54) is 6.07 Å². The third kappa shape index (κ3) is 2.86. The van der Waals surface area contributed by atoms with Crippen LogP contribution >= 0.6 is 0 Å². The van der Waals surface area contributed by atoms with Crippen molar-refractivity contribution in [2.75, 3.05) is 7.11 Å². The summed E-state index contributed by atoms with van der Waals surface area (Å²) in [6, 6.07) is 14.1. The Labute approximate surface area is 165 Å². The lowest BCUT2D eigenvalue weighted by Gasteiger charge is -2.13. The number of methoxy groups -OCH3 is 1. The summed E-state index contributed by atoms with van der Waals surface area (Å²) in [6.45, 7) is 0. The molecule has 0 saturated heterocycles. The molecule has 0 N–H and O–H groups in total. The van der Waals surface area contributed by atoms with E-state index >= 15 is 0 Å². The summed E-state index contributed by atoms with van der Waals surface area (Å²) >= 11 is 0. The number of fused-ring (bicyclic) bond motifs is 2. The molecule has 5 nitrogen and oxygen atoms in total. The van der Waals surface area contributed by atoms with E-state index in [1.807, 2.05) is 24.3 Å². The maximum atomic E-state index is 14.5. The zero-order chi connectivity index (χ0) is 19.8. The minimum atomic E-state index is -0.335. The normalized spacial score (nSPS) is 11.1. The van der Waals surface area contributed by atoms with E-state index in [9.17, 15) is 4.39 Å².